The molecular weight excluding hydrogens is 478 g/mol. The number of aromatic nitrogens is 3. The van der Waals surface area contributed by atoms with Gasteiger partial charge in [-0.3, -0.25) is 4.57 Å². The van der Waals surface area contributed by atoms with Crippen LogP contribution in [0.1, 0.15) is 37.9 Å². The van der Waals surface area contributed by atoms with Gasteiger partial charge in [0.15, 0.2) is 5.82 Å². The molecule has 200 valence electrons. The summed E-state index contributed by atoms with van der Waals surface area (Å²) in [5, 5.41) is 7.10. The number of benzene rings is 1. The fraction of sp³-hybridized carbons (Fsp3) is 0.556. The molecule has 0 amide bonds. The molecule has 5 rings (SSSR count). The molecule has 0 bridgehead atoms. The first kappa shape index (κ1) is 25.8. The minimum absolute atomic E-state index is 0.259. The lowest BCUT2D eigenvalue weighted by molar-refractivity contribution is 0.122. The molecule has 0 spiro atoms. The lowest BCUT2D eigenvalue weighted by atomic mass is 9.86. The van der Waals surface area contributed by atoms with Crippen LogP contribution in [0.25, 0.3) is 16.7 Å². The molecular formula is C27H36F2N6O2. The second kappa shape index (κ2) is 12.1. The number of fused-ring (bicyclic) bond motifs is 1. The second-order valence-electron chi connectivity index (χ2n) is 9.81. The molecule has 0 unspecified atom stereocenters. The summed E-state index contributed by atoms with van der Waals surface area (Å²) in [7, 11) is 1.72. The van der Waals surface area contributed by atoms with Gasteiger partial charge in [-0.05, 0) is 43.7 Å². The molecule has 8 nitrogen and oxygen atoms in total. The van der Waals surface area contributed by atoms with Crippen molar-refractivity contribution in [3.8, 4) is 5.69 Å². The number of nitrogens with one attached hydrogen (secondary N) is 2. The van der Waals surface area contributed by atoms with Gasteiger partial charge in [0.05, 0.1) is 36.5 Å². The Morgan fingerprint density at radius 2 is 1.86 bits per heavy atom. The van der Waals surface area contributed by atoms with Crippen molar-refractivity contribution in [3.05, 3.63) is 42.2 Å². The number of morpholine rings is 1. The van der Waals surface area contributed by atoms with Crippen molar-refractivity contribution in [2.45, 2.75) is 38.2 Å². The number of imidazole rings is 1. The van der Waals surface area contributed by atoms with Crippen LogP contribution in [0.2, 0.25) is 0 Å². The SMILES string of the molecule is COCCNC1CCC(CNc2cc(-n3c(C(F)F)nc4ccccc43)cc(N3CCOCC3)n2)CC1. The summed E-state index contributed by atoms with van der Waals surface area (Å²) in [5.41, 5.74) is 1.84. The van der Waals surface area contributed by atoms with E-state index < -0.39 is 6.43 Å². The number of para-hydroxylation sites is 2. The Labute approximate surface area is 216 Å². The Hall–Kier alpha value is -2.82. The van der Waals surface area contributed by atoms with Gasteiger partial charge < -0.3 is 25.0 Å². The van der Waals surface area contributed by atoms with E-state index in [9.17, 15) is 8.78 Å². The minimum atomic E-state index is -2.70. The van der Waals surface area contributed by atoms with Gasteiger partial charge in [0, 0.05) is 51.5 Å². The fourth-order valence-corrected chi connectivity index (χ4v) is 5.32. The van der Waals surface area contributed by atoms with Crippen LogP contribution in [0.4, 0.5) is 20.4 Å². The molecule has 1 aliphatic heterocycles. The van der Waals surface area contributed by atoms with Gasteiger partial charge in [-0.1, -0.05) is 12.1 Å². The highest BCUT2D eigenvalue weighted by Gasteiger charge is 2.24. The number of halogens is 2. The van der Waals surface area contributed by atoms with E-state index in [0.29, 0.717) is 60.8 Å². The molecule has 2 N–H and O–H groups in total. The van der Waals surface area contributed by atoms with Crippen molar-refractivity contribution in [2.75, 3.05) is 63.3 Å². The fourth-order valence-electron chi connectivity index (χ4n) is 5.32. The lowest BCUT2D eigenvalue weighted by Gasteiger charge is -2.30. The van der Waals surface area contributed by atoms with E-state index in [4.69, 9.17) is 14.5 Å². The van der Waals surface area contributed by atoms with Gasteiger partial charge in [-0.25, -0.2) is 18.7 Å². The first-order valence-corrected chi connectivity index (χ1v) is 13.2. The van der Waals surface area contributed by atoms with Crippen LogP contribution < -0.4 is 15.5 Å². The van der Waals surface area contributed by atoms with Crippen LogP contribution in [-0.4, -0.2) is 73.7 Å². The Morgan fingerprint density at radius 3 is 2.62 bits per heavy atom. The number of alkyl halides is 2. The van der Waals surface area contributed by atoms with Crippen LogP contribution in [0.5, 0.6) is 0 Å². The van der Waals surface area contributed by atoms with Crippen LogP contribution in [0.3, 0.4) is 0 Å². The first-order chi connectivity index (χ1) is 18.1. The lowest BCUT2D eigenvalue weighted by Crippen LogP contribution is -2.37. The Balaban J connectivity index is 1.38. The van der Waals surface area contributed by atoms with Crippen LogP contribution in [-0.2, 0) is 9.47 Å². The molecule has 2 aromatic heterocycles. The molecule has 3 aromatic rings. The average Bonchev–Trinajstić information content (AvgIpc) is 3.33. The van der Waals surface area contributed by atoms with Crippen molar-refractivity contribution in [1.29, 1.82) is 0 Å². The number of nitrogens with zero attached hydrogens (tertiary/aromatic N) is 4. The normalized spacial score (nSPS) is 20.6. The van der Waals surface area contributed by atoms with E-state index in [-0.39, 0.29) is 5.82 Å². The summed E-state index contributed by atoms with van der Waals surface area (Å²) in [4.78, 5) is 11.3. The topological polar surface area (TPSA) is 76.5 Å². The first-order valence-electron chi connectivity index (χ1n) is 13.2. The molecule has 10 heteroatoms. The highest BCUT2D eigenvalue weighted by molar-refractivity contribution is 5.79. The largest absolute Gasteiger partial charge is 0.383 e. The molecule has 2 fully saturated rings. The maximum atomic E-state index is 14.1. The predicted octanol–water partition coefficient (Wildman–Crippen LogP) is 4.40. The Morgan fingerprint density at radius 1 is 1.08 bits per heavy atom. The van der Waals surface area contributed by atoms with Gasteiger partial charge in [0.2, 0.25) is 0 Å². The third kappa shape index (κ3) is 6.19. The summed E-state index contributed by atoms with van der Waals surface area (Å²) >= 11 is 0. The summed E-state index contributed by atoms with van der Waals surface area (Å²) in [5.74, 6) is 1.73. The molecule has 2 aliphatic rings. The number of methoxy groups -OCH3 is 1. The zero-order valence-corrected chi connectivity index (χ0v) is 21.3. The summed E-state index contributed by atoms with van der Waals surface area (Å²) in [6.07, 6.45) is 1.85. The molecule has 1 saturated carbocycles. The van der Waals surface area contributed by atoms with E-state index >= 15 is 0 Å². The van der Waals surface area contributed by atoms with Crippen LogP contribution in [0, 0.1) is 5.92 Å². The molecule has 37 heavy (non-hydrogen) atoms. The Kier molecular flexibility index (Phi) is 8.48. The number of hydrogen-bond donors (Lipinski definition) is 2. The molecule has 0 atom stereocenters. The maximum absolute atomic E-state index is 14.1. The van der Waals surface area contributed by atoms with Crippen LogP contribution >= 0.6 is 0 Å². The standard InChI is InChI=1S/C27H36F2N6O2/c1-36-13-10-30-20-8-6-19(7-9-20)18-31-24-16-21(17-25(33-24)34-11-14-37-15-12-34)35-23-5-3-2-4-22(23)32-27(35)26(28)29/h2-5,16-17,19-20,26,30H,6-15,18H2,1H3,(H,31,33). The van der Waals surface area contributed by atoms with Crippen molar-refractivity contribution in [2.24, 2.45) is 5.92 Å². The monoisotopic (exact) mass is 514 g/mol. The van der Waals surface area contributed by atoms with Gasteiger partial charge in [-0.15, -0.1) is 0 Å². The van der Waals surface area contributed by atoms with Crippen LogP contribution in [0.15, 0.2) is 36.4 Å². The highest BCUT2D eigenvalue weighted by atomic mass is 19.3. The van der Waals surface area contributed by atoms with Gasteiger partial charge >= 0.3 is 0 Å². The van der Waals surface area contributed by atoms with Crippen molar-refractivity contribution in [1.82, 2.24) is 19.9 Å². The summed E-state index contributed by atoms with van der Waals surface area (Å²) in [6, 6.07) is 11.5. The van der Waals surface area contributed by atoms with Gasteiger partial charge in [0.1, 0.15) is 11.6 Å². The molecule has 0 radical (unpaired) electrons. The van der Waals surface area contributed by atoms with Crippen molar-refractivity contribution < 1.29 is 18.3 Å². The summed E-state index contributed by atoms with van der Waals surface area (Å²) < 4.78 is 40.4. The zero-order chi connectivity index (χ0) is 25.6. The van der Waals surface area contributed by atoms with E-state index in [2.05, 4.69) is 20.5 Å². The number of hydrogen-bond acceptors (Lipinski definition) is 7. The smallest absolute Gasteiger partial charge is 0.295 e. The van der Waals surface area contributed by atoms with Crippen molar-refractivity contribution >= 4 is 22.7 Å². The average molecular weight is 515 g/mol. The molecule has 1 aliphatic carbocycles. The predicted molar refractivity (Wildman–Crippen MR) is 141 cm³/mol. The highest BCUT2D eigenvalue weighted by Crippen LogP contribution is 2.31. The van der Waals surface area contributed by atoms with Gasteiger partial charge in [0.25, 0.3) is 6.43 Å². The molecule has 1 saturated heterocycles. The number of rotatable bonds is 10. The quantitative estimate of drug-likeness (QED) is 0.389. The van der Waals surface area contributed by atoms with E-state index in [1.54, 1.807) is 17.7 Å². The maximum Gasteiger partial charge on any atom is 0.295 e. The van der Waals surface area contributed by atoms with E-state index in [1.165, 1.54) is 0 Å². The number of pyridine rings is 1. The zero-order valence-electron chi connectivity index (χ0n) is 21.3. The summed E-state index contributed by atoms with van der Waals surface area (Å²) in [6.45, 7) is 5.07. The number of anilines is 2. The van der Waals surface area contributed by atoms with Gasteiger partial charge in [-0.2, -0.15) is 0 Å². The minimum Gasteiger partial charge on any atom is -0.383 e. The second-order valence-corrected chi connectivity index (χ2v) is 9.81. The third-order valence-electron chi connectivity index (χ3n) is 7.33. The molecule has 1 aromatic carbocycles. The van der Waals surface area contributed by atoms with E-state index in [0.717, 1.165) is 51.2 Å². The molecule has 3 heterocycles. The van der Waals surface area contributed by atoms with E-state index in [1.807, 2.05) is 30.3 Å². The number of ether oxygens (including phenoxy) is 2. The van der Waals surface area contributed by atoms with Crippen molar-refractivity contribution in [3.63, 3.8) is 0 Å². The Bertz CT molecular complexity index is 1160. The third-order valence-corrected chi connectivity index (χ3v) is 7.33.